The van der Waals surface area contributed by atoms with E-state index in [1.807, 2.05) is 26.0 Å². The molecule has 10 heteroatoms. The van der Waals surface area contributed by atoms with Crippen molar-refractivity contribution in [2.45, 2.75) is 51.7 Å². The van der Waals surface area contributed by atoms with Gasteiger partial charge in [0.1, 0.15) is 12.1 Å². The van der Waals surface area contributed by atoms with Gasteiger partial charge in [0.05, 0.1) is 23.7 Å². The summed E-state index contributed by atoms with van der Waals surface area (Å²) in [4.78, 5) is 25.3. The number of nitrogens with zero attached hydrogens (tertiary/aromatic N) is 3. The molecule has 0 aliphatic heterocycles. The molecule has 0 N–H and O–H groups in total. The summed E-state index contributed by atoms with van der Waals surface area (Å²) in [7, 11) is -3.33. The van der Waals surface area contributed by atoms with Crippen LogP contribution in [0.4, 0.5) is 0 Å². The first-order valence-electron chi connectivity index (χ1n) is 10.7. The Balaban J connectivity index is 1.84. The van der Waals surface area contributed by atoms with Crippen molar-refractivity contribution in [3.63, 3.8) is 0 Å². The number of hydrogen-bond donors (Lipinski definition) is 0. The van der Waals surface area contributed by atoms with Gasteiger partial charge in [0.2, 0.25) is 0 Å². The van der Waals surface area contributed by atoms with Crippen molar-refractivity contribution in [1.29, 1.82) is 0 Å². The van der Waals surface area contributed by atoms with Gasteiger partial charge in [0.25, 0.3) is 0 Å². The Kier molecular flexibility index (Phi) is 7.02. The summed E-state index contributed by atoms with van der Waals surface area (Å²) in [5.74, 6) is 0.150. The van der Waals surface area contributed by atoms with Crippen LogP contribution >= 0.6 is 0 Å². The quantitative estimate of drug-likeness (QED) is 0.450. The molecule has 0 spiro atoms. The highest BCUT2D eigenvalue weighted by molar-refractivity contribution is 7.90. The molecule has 0 saturated heterocycles. The van der Waals surface area contributed by atoms with E-state index in [0.717, 1.165) is 22.9 Å². The van der Waals surface area contributed by atoms with Gasteiger partial charge in [-0.05, 0) is 75.6 Å². The van der Waals surface area contributed by atoms with E-state index in [2.05, 4.69) is 5.10 Å². The lowest BCUT2D eigenvalue weighted by Crippen LogP contribution is -2.40. The van der Waals surface area contributed by atoms with Gasteiger partial charge in [-0.1, -0.05) is 12.1 Å². The molecule has 1 aromatic heterocycles. The van der Waals surface area contributed by atoms with Crippen molar-refractivity contribution in [1.82, 2.24) is 14.3 Å². The maximum absolute atomic E-state index is 12.9. The summed E-state index contributed by atoms with van der Waals surface area (Å²) in [6, 6.07) is 9.77. The molecule has 0 aliphatic carbocycles. The molecule has 3 aromatic rings. The Morgan fingerprint density at radius 1 is 1.09 bits per heavy atom. The first kappa shape index (κ1) is 25.2. The summed E-state index contributed by atoms with van der Waals surface area (Å²) >= 11 is 0. The van der Waals surface area contributed by atoms with Crippen molar-refractivity contribution in [2.24, 2.45) is 0 Å². The SMILES string of the molecule is CCOC(=O)C(C)(C)Oc1c(C)cc(Cn2cnn(-c3ccc(S(C)(=O)=O)cc3)c2=O)cc1C. The summed E-state index contributed by atoms with van der Waals surface area (Å²) in [5.41, 5.74) is 1.48. The minimum Gasteiger partial charge on any atom is -0.476 e. The van der Waals surface area contributed by atoms with Gasteiger partial charge in [-0.25, -0.2) is 18.0 Å². The topological polar surface area (TPSA) is 109 Å². The molecule has 3 rings (SSSR count). The van der Waals surface area contributed by atoms with E-state index in [1.54, 1.807) is 32.9 Å². The first-order chi connectivity index (χ1) is 15.8. The molecule has 34 heavy (non-hydrogen) atoms. The largest absolute Gasteiger partial charge is 0.476 e. The number of benzene rings is 2. The number of esters is 1. The van der Waals surface area contributed by atoms with Crippen LogP contribution in [0.25, 0.3) is 5.69 Å². The van der Waals surface area contributed by atoms with E-state index in [1.165, 1.54) is 27.7 Å². The third-order valence-electron chi connectivity index (χ3n) is 5.24. The van der Waals surface area contributed by atoms with Crippen LogP contribution in [0.2, 0.25) is 0 Å². The molecule has 9 nitrogen and oxygen atoms in total. The highest BCUT2D eigenvalue weighted by Gasteiger charge is 2.32. The normalized spacial score (nSPS) is 11.9. The molecule has 2 aromatic carbocycles. The van der Waals surface area contributed by atoms with E-state index in [9.17, 15) is 18.0 Å². The summed E-state index contributed by atoms with van der Waals surface area (Å²) in [5, 5.41) is 4.16. The van der Waals surface area contributed by atoms with Gasteiger partial charge >= 0.3 is 11.7 Å². The first-order valence-corrected chi connectivity index (χ1v) is 12.6. The lowest BCUT2D eigenvalue weighted by atomic mass is 10.0. The van der Waals surface area contributed by atoms with Gasteiger partial charge < -0.3 is 9.47 Å². The number of ether oxygens (including phenoxy) is 2. The molecule has 0 unspecified atom stereocenters. The van der Waals surface area contributed by atoms with Crippen LogP contribution < -0.4 is 10.4 Å². The second-order valence-corrected chi connectivity index (χ2v) is 10.6. The third kappa shape index (κ3) is 5.39. The molecule has 0 radical (unpaired) electrons. The van der Waals surface area contributed by atoms with E-state index in [-0.39, 0.29) is 23.7 Å². The Hall–Kier alpha value is -3.40. The van der Waals surface area contributed by atoms with E-state index < -0.39 is 21.4 Å². The Morgan fingerprint density at radius 3 is 2.21 bits per heavy atom. The fourth-order valence-corrected chi connectivity index (χ4v) is 4.18. The molecule has 0 aliphatic rings. The maximum atomic E-state index is 12.9. The summed E-state index contributed by atoms with van der Waals surface area (Å²) in [6.07, 6.45) is 2.56. The standard InChI is InChI=1S/C24H29N3O6S/c1-7-32-22(28)24(4,5)33-21-16(2)12-18(13-17(21)3)14-26-15-25-27(23(26)29)19-8-10-20(11-9-19)34(6,30)31/h8-13,15H,7,14H2,1-6H3. The number of aryl methyl sites for hydroxylation is 2. The molecular formula is C24H29N3O6S. The van der Waals surface area contributed by atoms with Gasteiger partial charge in [0, 0.05) is 6.26 Å². The monoisotopic (exact) mass is 487 g/mol. The van der Waals surface area contributed by atoms with Crippen LogP contribution in [0.3, 0.4) is 0 Å². The second kappa shape index (κ2) is 9.46. The number of hydrogen-bond acceptors (Lipinski definition) is 7. The van der Waals surface area contributed by atoms with Gasteiger partial charge in [-0.2, -0.15) is 9.78 Å². The van der Waals surface area contributed by atoms with Crippen LogP contribution in [0.1, 0.15) is 37.5 Å². The van der Waals surface area contributed by atoms with Crippen LogP contribution in [0, 0.1) is 13.8 Å². The maximum Gasteiger partial charge on any atom is 0.350 e. The molecule has 0 bridgehead atoms. The Labute approximate surface area is 198 Å². The average molecular weight is 488 g/mol. The van der Waals surface area contributed by atoms with E-state index >= 15 is 0 Å². The Bertz CT molecular complexity index is 1350. The highest BCUT2D eigenvalue weighted by Crippen LogP contribution is 2.29. The van der Waals surface area contributed by atoms with Crippen molar-refractivity contribution >= 4 is 15.8 Å². The van der Waals surface area contributed by atoms with Crippen molar-refractivity contribution < 1.29 is 22.7 Å². The minimum atomic E-state index is -3.33. The fraction of sp³-hybridized carbons (Fsp3) is 0.375. The lowest BCUT2D eigenvalue weighted by molar-refractivity contribution is -0.158. The molecule has 182 valence electrons. The summed E-state index contributed by atoms with van der Waals surface area (Å²) < 4.78 is 37.1. The van der Waals surface area contributed by atoms with E-state index in [4.69, 9.17) is 9.47 Å². The number of rotatable bonds is 8. The zero-order valence-electron chi connectivity index (χ0n) is 20.2. The molecule has 0 atom stereocenters. The number of sulfone groups is 1. The lowest BCUT2D eigenvalue weighted by Gasteiger charge is -2.26. The smallest absolute Gasteiger partial charge is 0.350 e. The van der Waals surface area contributed by atoms with Gasteiger partial charge in [0.15, 0.2) is 15.4 Å². The van der Waals surface area contributed by atoms with Crippen LogP contribution in [-0.2, 0) is 25.9 Å². The zero-order chi connectivity index (χ0) is 25.3. The van der Waals surface area contributed by atoms with Crippen LogP contribution in [-0.4, -0.2) is 47.2 Å². The molecule has 0 saturated carbocycles. The third-order valence-corrected chi connectivity index (χ3v) is 6.37. The zero-order valence-corrected chi connectivity index (χ0v) is 21.0. The van der Waals surface area contributed by atoms with Crippen molar-refractivity contribution in [2.75, 3.05) is 12.9 Å². The number of carbonyl (C=O) groups excluding carboxylic acids is 1. The molecule has 0 fully saturated rings. The predicted octanol–water partition coefficient (Wildman–Crippen LogP) is 2.82. The fourth-order valence-electron chi connectivity index (χ4n) is 3.55. The Morgan fingerprint density at radius 2 is 1.68 bits per heavy atom. The molecule has 1 heterocycles. The molecular weight excluding hydrogens is 458 g/mol. The average Bonchev–Trinajstić information content (AvgIpc) is 3.10. The van der Waals surface area contributed by atoms with Gasteiger partial charge in [-0.15, -0.1) is 0 Å². The second-order valence-electron chi connectivity index (χ2n) is 8.61. The summed E-state index contributed by atoms with van der Waals surface area (Å²) in [6.45, 7) is 9.37. The number of aromatic nitrogens is 3. The number of carbonyl (C=O) groups is 1. The highest BCUT2D eigenvalue weighted by atomic mass is 32.2. The van der Waals surface area contributed by atoms with E-state index in [0.29, 0.717) is 11.4 Å². The van der Waals surface area contributed by atoms with Gasteiger partial charge in [-0.3, -0.25) is 4.57 Å². The minimum absolute atomic E-state index is 0.170. The van der Waals surface area contributed by atoms with Crippen molar-refractivity contribution in [3.8, 4) is 11.4 Å². The van der Waals surface area contributed by atoms with Crippen molar-refractivity contribution in [3.05, 3.63) is 69.9 Å². The molecule has 0 amide bonds. The van der Waals surface area contributed by atoms with Crippen LogP contribution in [0.15, 0.2) is 52.4 Å². The predicted molar refractivity (Wildman–Crippen MR) is 127 cm³/mol. The van der Waals surface area contributed by atoms with Crippen LogP contribution in [0.5, 0.6) is 5.75 Å².